The van der Waals surface area contributed by atoms with E-state index in [0.29, 0.717) is 0 Å². The van der Waals surface area contributed by atoms with Crippen molar-refractivity contribution in [1.82, 2.24) is 4.90 Å². The SMILES string of the molecule is [Bi+3].[SH+]=C([SH2+])N1CCCCC1. The summed E-state index contributed by atoms with van der Waals surface area (Å²) in [7, 11) is 0. The van der Waals surface area contributed by atoms with E-state index in [2.05, 4.69) is 29.7 Å². The Labute approximate surface area is 92.1 Å². The molecule has 1 heterocycles. The van der Waals surface area contributed by atoms with Crippen LogP contribution in [0.4, 0.5) is 0 Å². The van der Waals surface area contributed by atoms with Crippen molar-refractivity contribution in [3.63, 3.8) is 0 Å². The molecule has 10 heavy (non-hydrogen) atoms. The topological polar surface area (TPSA) is 3.24 Å². The van der Waals surface area contributed by atoms with Crippen molar-refractivity contribution in [2.45, 2.75) is 19.3 Å². The first-order valence-electron chi connectivity index (χ1n) is 3.33. The minimum atomic E-state index is 0. The maximum Gasteiger partial charge on any atom is 3.00 e. The van der Waals surface area contributed by atoms with Gasteiger partial charge in [-0.15, -0.1) is 0 Å². The molecule has 54 valence electrons. The minimum Gasteiger partial charge on any atom is -0.184 e. The fraction of sp³-hybridized carbons (Fsp3) is 0.833. The Hall–Kier alpha value is 1.28. The van der Waals surface area contributed by atoms with Crippen LogP contribution >= 0.6 is 0 Å². The molecule has 0 unspecified atom stereocenters. The van der Waals surface area contributed by atoms with Gasteiger partial charge in [0.15, 0.2) is 0 Å². The summed E-state index contributed by atoms with van der Waals surface area (Å²) in [6, 6.07) is 0. The Kier molecular flexibility index (Phi) is 6.63. The van der Waals surface area contributed by atoms with Gasteiger partial charge in [0.2, 0.25) is 12.2 Å². The summed E-state index contributed by atoms with van der Waals surface area (Å²) < 4.78 is 0.981. The fourth-order valence-corrected chi connectivity index (χ4v) is 1.53. The largest absolute Gasteiger partial charge is 3.00 e. The van der Waals surface area contributed by atoms with Gasteiger partial charge >= 0.3 is 30.5 Å². The van der Waals surface area contributed by atoms with Gasteiger partial charge < -0.3 is 0 Å². The summed E-state index contributed by atoms with van der Waals surface area (Å²) in [6.07, 6.45) is 4.01. The van der Waals surface area contributed by atoms with Gasteiger partial charge in [0.25, 0.3) is 0 Å². The van der Waals surface area contributed by atoms with Crippen molar-refractivity contribution < 1.29 is 0 Å². The molecule has 0 N–H and O–H groups in total. The zero-order valence-electron chi connectivity index (χ0n) is 5.88. The van der Waals surface area contributed by atoms with Crippen LogP contribution in [-0.4, -0.2) is 48.5 Å². The van der Waals surface area contributed by atoms with E-state index < -0.39 is 0 Å². The number of rotatable bonds is 0. The molecule has 1 nitrogen and oxygen atoms in total. The molecule has 2 radical (unpaired) electrons. The summed E-state index contributed by atoms with van der Waals surface area (Å²) in [6.45, 7) is 2.34. The van der Waals surface area contributed by atoms with Crippen LogP contribution in [-0.2, 0) is 24.8 Å². The van der Waals surface area contributed by atoms with Gasteiger partial charge in [-0.2, -0.15) is 4.90 Å². The van der Waals surface area contributed by atoms with E-state index in [9.17, 15) is 0 Å². The van der Waals surface area contributed by atoms with Crippen molar-refractivity contribution in [1.29, 1.82) is 0 Å². The summed E-state index contributed by atoms with van der Waals surface area (Å²) in [4.78, 5) is 2.25. The van der Waals surface area contributed by atoms with Crippen LogP contribution < -0.4 is 0 Å². The Morgan fingerprint density at radius 2 is 1.70 bits per heavy atom. The number of thiol groups is 1. The zero-order chi connectivity index (χ0) is 6.69. The molecular formula is C6H13BiNS2+5. The van der Waals surface area contributed by atoms with E-state index in [1.54, 1.807) is 0 Å². The Morgan fingerprint density at radius 3 is 2.00 bits per heavy atom. The molecule has 0 atom stereocenters. The smallest absolute Gasteiger partial charge is 0.184 e. The predicted molar refractivity (Wildman–Crippen MR) is 55.1 cm³/mol. The van der Waals surface area contributed by atoms with Gasteiger partial charge in [0, 0.05) is 13.1 Å². The van der Waals surface area contributed by atoms with Gasteiger partial charge in [-0.3, -0.25) is 0 Å². The Balaban J connectivity index is 0.000000810. The molecular weight excluding hydrogens is 359 g/mol. The van der Waals surface area contributed by atoms with E-state index >= 15 is 0 Å². The number of piperidine rings is 1. The van der Waals surface area contributed by atoms with Gasteiger partial charge in [0.05, 0.1) is 12.6 Å². The minimum absolute atomic E-state index is 0. The molecule has 1 fully saturated rings. The quantitative estimate of drug-likeness (QED) is 0.239. The number of hydrogen-bond donors (Lipinski definition) is 0. The second-order valence-corrected chi connectivity index (χ2v) is 3.69. The predicted octanol–water partition coefficient (Wildman–Crippen LogP) is -0.530. The molecule has 0 aromatic carbocycles. The normalized spacial score (nSPS) is 19.7. The third-order valence-corrected chi connectivity index (χ3v) is 2.25. The first kappa shape index (κ1) is 11.3. The number of likely N-dealkylation sites (tertiary alicyclic amines) is 1. The van der Waals surface area contributed by atoms with Gasteiger partial charge in [0.1, 0.15) is 0 Å². The standard InChI is InChI=1S/C6H11NS2.Bi/c8-6(9)7-4-2-1-3-5-7;/h1-5H2,(H,8,9);/q;+3/p+2. The average molecular weight is 372 g/mol. The van der Waals surface area contributed by atoms with E-state index in [1.807, 2.05) is 0 Å². The van der Waals surface area contributed by atoms with Crippen LogP contribution in [0, 0.1) is 0 Å². The third-order valence-electron chi connectivity index (χ3n) is 1.66. The van der Waals surface area contributed by atoms with E-state index in [-0.39, 0.29) is 26.2 Å². The first-order valence-corrected chi connectivity index (χ1v) is 4.28. The van der Waals surface area contributed by atoms with E-state index in [1.165, 1.54) is 32.4 Å². The van der Waals surface area contributed by atoms with Crippen molar-refractivity contribution in [3.05, 3.63) is 0 Å². The molecule has 1 rings (SSSR count). The van der Waals surface area contributed by atoms with Crippen molar-refractivity contribution in [2.24, 2.45) is 0 Å². The van der Waals surface area contributed by atoms with Crippen LogP contribution in [0.3, 0.4) is 0 Å². The van der Waals surface area contributed by atoms with Crippen molar-refractivity contribution >= 4 is 55.4 Å². The summed E-state index contributed by atoms with van der Waals surface area (Å²) in [5.41, 5.74) is 0. The van der Waals surface area contributed by atoms with Crippen LogP contribution in [0.2, 0.25) is 0 Å². The molecule has 1 saturated heterocycles. The van der Waals surface area contributed by atoms with E-state index in [4.69, 9.17) is 0 Å². The third kappa shape index (κ3) is 3.61. The molecule has 0 saturated carbocycles. The molecule has 0 spiro atoms. The summed E-state index contributed by atoms with van der Waals surface area (Å²) >= 11 is 7.59. The molecule has 0 aliphatic carbocycles. The van der Waals surface area contributed by atoms with Crippen molar-refractivity contribution in [3.8, 4) is 0 Å². The van der Waals surface area contributed by atoms with Gasteiger partial charge in [-0.1, -0.05) is 6.42 Å². The van der Waals surface area contributed by atoms with Crippen molar-refractivity contribution in [2.75, 3.05) is 13.1 Å². The van der Waals surface area contributed by atoms with Gasteiger partial charge in [-0.05, 0) is 12.8 Å². The molecule has 4 heteroatoms. The molecule has 0 aromatic heterocycles. The van der Waals surface area contributed by atoms with Gasteiger partial charge in [-0.25, -0.2) is 0 Å². The zero-order valence-corrected chi connectivity index (χ0v) is 11.2. The Bertz CT molecular complexity index is 112. The molecule has 0 bridgehead atoms. The maximum atomic E-state index is 4.20. The summed E-state index contributed by atoms with van der Waals surface area (Å²) in [5, 5.41) is 0. The van der Waals surface area contributed by atoms with Crippen LogP contribution in [0.25, 0.3) is 0 Å². The maximum absolute atomic E-state index is 4.20. The molecule has 0 aromatic rings. The van der Waals surface area contributed by atoms with Crippen LogP contribution in [0.15, 0.2) is 0 Å². The van der Waals surface area contributed by atoms with E-state index in [0.717, 1.165) is 4.32 Å². The van der Waals surface area contributed by atoms with Crippen LogP contribution in [0.5, 0.6) is 0 Å². The molecule has 0 amide bonds. The fourth-order valence-electron chi connectivity index (χ4n) is 1.11. The van der Waals surface area contributed by atoms with Crippen LogP contribution in [0.1, 0.15) is 19.3 Å². The number of nitrogens with zero attached hydrogens (tertiary/aromatic N) is 1. The average Bonchev–Trinajstić information content (AvgIpc) is 1.90. The second kappa shape index (κ2) is 5.87. The Morgan fingerprint density at radius 1 is 1.20 bits per heavy atom. The monoisotopic (exact) mass is 372 g/mol. The molecule has 1 aliphatic heterocycles. The summed E-state index contributed by atoms with van der Waals surface area (Å²) in [5.74, 6) is 0. The molecule has 1 aliphatic rings. The first-order chi connectivity index (χ1) is 4.30. The number of hydrogen-bond acceptors (Lipinski definition) is 0. The second-order valence-electron chi connectivity index (χ2n) is 2.37.